The lowest BCUT2D eigenvalue weighted by molar-refractivity contribution is 0.171. The summed E-state index contributed by atoms with van der Waals surface area (Å²) in [6.07, 6.45) is 0. The van der Waals surface area contributed by atoms with Crippen LogP contribution in [0, 0.1) is 0 Å². The molecule has 5 nitrogen and oxygen atoms in total. The quantitative estimate of drug-likeness (QED) is 0.814. The molecule has 3 rings (SSSR count). The van der Waals surface area contributed by atoms with Crippen LogP contribution in [0.5, 0.6) is 11.5 Å². The van der Waals surface area contributed by atoms with Gasteiger partial charge in [-0.15, -0.1) is 0 Å². The number of fused-ring (bicyclic) bond motifs is 1. The summed E-state index contributed by atoms with van der Waals surface area (Å²) in [5.41, 5.74) is 1.63. The van der Waals surface area contributed by atoms with E-state index in [4.69, 9.17) is 25.8 Å². The molecule has 0 aliphatic carbocycles. The second-order valence-corrected chi connectivity index (χ2v) is 4.67. The molecule has 0 radical (unpaired) electrons. The number of halogens is 1. The summed E-state index contributed by atoms with van der Waals surface area (Å²) in [7, 11) is 1.59. The van der Waals surface area contributed by atoms with Crippen LogP contribution in [-0.2, 0) is 11.3 Å². The minimum absolute atomic E-state index is 0.318. The molecule has 6 heteroatoms. The second kappa shape index (κ2) is 5.64. The van der Waals surface area contributed by atoms with Gasteiger partial charge in [0.15, 0.2) is 17.3 Å². The lowest BCUT2D eigenvalue weighted by Crippen LogP contribution is -2.15. The van der Waals surface area contributed by atoms with Crippen LogP contribution in [0.1, 0.15) is 5.82 Å². The van der Waals surface area contributed by atoms with Gasteiger partial charge < -0.3 is 14.2 Å². The van der Waals surface area contributed by atoms with Gasteiger partial charge >= 0.3 is 0 Å². The summed E-state index contributed by atoms with van der Waals surface area (Å²) in [5.74, 6) is 2.01. The van der Waals surface area contributed by atoms with Crippen LogP contribution in [0.25, 0.3) is 11.3 Å². The van der Waals surface area contributed by atoms with Crippen molar-refractivity contribution in [2.24, 2.45) is 0 Å². The minimum Gasteiger partial charge on any atom is -0.486 e. The van der Waals surface area contributed by atoms with Crippen LogP contribution in [0.2, 0.25) is 5.15 Å². The van der Waals surface area contributed by atoms with Gasteiger partial charge in [0.1, 0.15) is 25.0 Å². The van der Waals surface area contributed by atoms with E-state index in [0.29, 0.717) is 30.8 Å². The van der Waals surface area contributed by atoms with Crippen molar-refractivity contribution in [3.05, 3.63) is 35.2 Å². The molecule has 1 aromatic carbocycles. The van der Waals surface area contributed by atoms with Crippen molar-refractivity contribution in [3.8, 4) is 22.8 Å². The zero-order valence-electron chi connectivity index (χ0n) is 10.9. The first kappa shape index (κ1) is 13.1. The smallest absolute Gasteiger partial charge is 0.162 e. The van der Waals surface area contributed by atoms with Gasteiger partial charge in [-0.05, 0) is 18.2 Å². The van der Waals surface area contributed by atoms with Gasteiger partial charge in [-0.3, -0.25) is 0 Å². The first-order valence-electron chi connectivity index (χ1n) is 6.18. The maximum atomic E-state index is 6.02. The highest BCUT2D eigenvalue weighted by atomic mass is 35.5. The van der Waals surface area contributed by atoms with Crippen molar-refractivity contribution in [1.82, 2.24) is 9.97 Å². The van der Waals surface area contributed by atoms with Gasteiger partial charge in [-0.25, -0.2) is 9.97 Å². The number of nitrogens with zero attached hydrogens (tertiary/aromatic N) is 2. The van der Waals surface area contributed by atoms with E-state index in [1.54, 1.807) is 13.2 Å². The molecule has 2 aromatic rings. The normalized spacial score (nSPS) is 13.3. The topological polar surface area (TPSA) is 53.5 Å². The molecule has 0 amide bonds. The standard InChI is InChI=1S/C14H13ClN2O3/c1-18-8-14-16-10(7-13(15)17-14)9-2-3-11-12(6-9)20-5-4-19-11/h2-3,6-7H,4-5,8H2,1H3. The van der Waals surface area contributed by atoms with Crippen molar-refractivity contribution in [2.75, 3.05) is 20.3 Å². The maximum absolute atomic E-state index is 6.02. The fraction of sp³-hybridized carbons (Fsp3) is 0.286. The first-order chi connectivity index (χ1) is 9.76. The molecule has 0 fully saturated rings. The highest BCUT2D eigenvalue weighted by Gasteiger charge is 2.13. The van der Waals surface area contributed by atoms with Crippen molar-refractivity contribution in [2.45, 2.75) is 6.61 Å². The zero-order valence-corrected chi connectivity index (χ0v) is 11.7. The molecule has 0 unspecified atom stereocenters. The summed E-state index contributed by atoms with van der Waals surface area (Å²) in [5, 5.41) is 0.386. The van der Waals surface area contributed by atoms with Crippen LogP contribution < -0.4 is 9.47 Å². The van der Waals surface area contributed by atoms with Crippen molar-refractivity contribution < 1.29 is 14.2 Å². The molecule has 0 bridgehead atoms. The van der Waals surface area contributed by atoms with Crippen molar-refractivity contribution >= 4 is 11.6 Å². The molecular weight excluding hydrogens is 280 g/mol. The largest absolute Gasteiger partial charge is 0.486 e. The Morgan fingerprint density at radius 3 is 2.75 bits per heavy atom. The average Bonchev–Trinajstić information content (AvgIpc) is 2.46. The Morgan fingerprint density at radius 1 is 1.15 bits per heavy atom. The molecule has 0 atom stereocenters. The van der Waals surface area contributed by atoms with E-state index < -0.39 is 0 Å². The van der Waals surface area contributed by atoms with Crippen LogP contribution in [0.3, 0.4) is 0 Å². The molecule has 1 aliphatic rings. The summed E-state index contributed by atoms with van der Waals surface area (Å²) in [6, 6.07) is 7.40. The number of hydrogen-bond donors (Lipinski definition) is 0. The van der Waals surface area contributed by atoms with E-state index in [2.05, 4.69) is 9.97 Å². The average molecular weight is 293 g/mol. The number of rotatable bonds is 3. The highest BCUT2D eigenvalue weighted by molar-refractivity contribution is 6.29. The Labute approximate surface area is 121 Å². The third-order valence-corrected chi connectivity index (χ3v) is 3.05. The van der Waals surface area contributed by atoms with Gasteiger partial charge in [0.25, 0.3) is 0 Å². The van der Waals surface area contributed by atoms with Crippen molar-refractivity contribution in [3.63, 3.8) is 0 Å². The van der Waals surface area contributed by atoms with Gasteiger partial charge in [0, 0.05) is 18.7 Å². The molecule has 0 saturated carbocycles. The van der Waals surface area contributed by atoms with Gasteiger partial charge in [-0.2, -0.15) is 0 Å². The summed E-state index contributed by atoms with van der Waals surface area (Å²) < 4.78 is 16.1. The SMILES string of the molecule is COCc1nc(Cl)cc(-c2ccc3c(c2)OCCO3)n1. The van der Waals surface area contributed by atoms with Crippen LogP contribution in [-0.4, -0.2) is 30.3 Å². The van der Waals surface area contributed by atoms with E-state index >= 15 is 0 Å². The third-order valence-electron chi connectivity index (χ3n) is 2.85. The van der Waals surface area contributed by atoms with E-state index in [1.807, 2.05) is 18.2 Å². The fourth-order valence-electron chi connectivity index (χ4n) is 2.01. The van der Waals surface area contributed by atoms with E-state index in [0.717, 1.165) is 22.8 Å². The summed E-state index contributed by atoms with van der Waals surface area (Å²) >= 11 is 6.02. The highest BCUT2D eigenvalue weighted by Crippen LogP contribution is 2.34. The first-order valence-corrected chi connectivity index (χ1v) is 6.56. The van der Waals surface area contributed by atoms with Crippen LogP contribution in [0.4, 0.5) is 0 Å². The predicted molar refractivity (Wildman–Crippen MR) is 74.2 cm³/mol. The molecule has 1 aromatic heterocycles. The van der Waals surface area contributed by atoms with Gasteiger partial charge in [-0.1, -0.05) is 11.6 Å². The summed E-state index contributed by atoms with van der Waals surface area (Å²) in [6.45, 7) is 1.44. The predicted octanol–water partition coefficient (Wildman–Crippen LogP) is 2.71. The Balaban J connectivity index is 1.99. The van der Waals surface area contributed by atoms with Crippen molar-refractivity contribution in [1.29, 1.82) is 0 Å². The molecule has 104 valence electrons. The monoisotopic (exact) mass is 292 g/mol. The molecule has 0 N–H and O–H groups in total. The minimum atomic E-state index is 0.318. The Bertz CT molecular complexity index is 634. The lowest BCUT2D eigenvalue weighted by Gasteiger charge is -2.18. The van der Waals surface area contributed by atoms with E-state index in [9.17, 15) is 0 Å². The number of ether oxygens (including phenoxy) is 3. The zero-order chi connectivity index (χ0) is 13.9. The van der Waals surface area contributed by atoms with E-state index in [-0.39, 0.29) is 0 Å². The third kappa shape index (κ3) is 2.69. The lowest BCUT2D eigenvalue weighted by atomic mass is 10.1. The van der Waals surface area contributed by atoms with Gasteiger partial charge in [0.05, 0.1) is 5.69 Å². The maximum Gasteiger partial charge on any atom is 0.162 e. The Morgan fingerprint density at radius 2 is 1.95 bits per heavy atom. The second-order valence-electron chi connectivity index (χ2n) is 4.28. The Hall–Kier alpha value is -1.85. The Kier molecular flexibility index (Phi) is 3.71. The molecule has 0 saturated heterocycles. The van der Waals surface area contributed by atoms with E-state index in [1.165, 1.54) is 0 Å². The fourth-order valence-corrected chi connectivity index (χ4v) is 2.21. The molecular formula is C14H13ClN2O3. The molecule has 20 heavy (non-hydrogen) atoms. The number of benzene rings is 1. The molecule has 2 heterocycles. The molecule has 1 aliphatic heterocycles. The number of aromatic nitrogens is 2. The number of hydrogen-bond acceptors (Lipinski definition) is 5. The van der Waals surface area contributed by atoms with Gasteiger partial charge in [0.2, 0.25) is 0 Å². The number of methoxy groups -OCH3 is 1. The molecule has 0 spiro atoms. The van der Waals surface area contributed by atoms with Crippen LogP contribution in [0.15, 0.2) is 24.3 Å². The summed E-state index contributed by atoms with van der Waals surface area (Å²) in [4.78, 5) is 8.54. The van der Waals surface area contributed by atoms with Crippen LogP contribution >= 0.6 is 11.6 Å².